The smallest absolute Gasteiger partial charge is 0.230 e. The van der Waals surface area contributed by atoms with E-state index in [0.29, 0.717) is 6.61 Å². The molecule has 2 heterocycles. The molecule has 0 aliphatic carbocycles. The Bertz CT molecular complexity index is 563. The molecule has 2 aliphatic rings. The van der Waals surface area contributed by atoms with Crippen molar-refractivity contribution < 1.29 is 36.1 Å². The summed E-state index contributed by atoms with van der Waals surface area (Å²) < 4.78 is 13.4. The van der Waals surface area contributed by atoms with Crippen molar-refractivity contribution in [3.8, 4) is 5.75 Å². The molecule has 1 aromatic carbocycles. The molecule has 0 amide bonds. The summed E-state index contributed by atoms with van der Waals surface area (Å²) in [6, 6.07) is 3.98. The second-order valence-electron chi connectivity index (χ2n) is 5.43. The zero-order valence-corrected chi connectivity index (χ0v) is 17.4. The van der Waals surface area contributed by atoms with E-state index >= 15 is 0 Å². The fraction of sp³-hybridized carbons (Fsp3) is 0.500. The molecule has 1 fully saturated rings. The number of carbonyl (C=O) groups excluding carboxylic acids is 1. The van der Waals surface area contributed by atoms with Gasteiger partial charge >= 0.3 is 0 Å². The first kappa shape index (κ1) is 17.9. The molecule has 7 heteroatoms. The number of halogens is 3. The third-order valence-corrected chi connectivity index (χ3v) is 5.56. The van der Waals surface area contributed by atoms with Crippen molar-refractivity contribution in [2.24, 2.45) is 0 Å². The van der Waals surface area contributed by atoms with Crippen LogP contribution in [0.15, 0.2) is 12.1 Å². The third kappa shape index (κ3) is 3.26. The maximum atomic E-state index is 13.0. The molecule has 1 aromatic rings. The van der Waals surface area contributed by atoms with Gasteiger partial charge in [-0.1, -0.05) is 0 Å². The van der Waals surface area contributed by atoms with Crippen LogP contribution < -0.4 is 26.6 Å². The first-order valence-corrected chi connectivity index (χ1v) is 8.78. The van der Waals surface area contributed by atoms with Crippen LogP contribution in [0.2, 0.25) is 0 Å². The first-order chi connectivity index (χ1) is 9.52. The fourth-order valence-corrected chi connectivity index (χ4v) is 4.89. The van der Waals surface area contributed by atoms with Gasteiger partial charge < -0.3 is 31.4 Å². The maximum absolute atomic E-state index is 13.0. The molecule has 0 spiro atoms. The number of ketones is 1. The van der Waals surface area contributed by atoms with E-state index in [1.165, 1.54) is 4.90 Å². The van der Waals surface area contributed by atoms with E-state index in [9.17, 15) is 4.79 Å². The molecule has 0 saturated carbocycles. The predicted octanol–water partition coefficient (Wildman–Crippen LogP) is -1.85. The van der Waals surface area contributed by atoms with Crippen LogP contribution in [-0.4, -0.2) is 44.2 Å². The highest BCUT2D eigenvalue weighted by Crippen LogP contribution is 2.34. The summed E-state index contributed by atoms with van der Waals surface area (Å²) in [5, 5.41) is 0. The average Bonchev–Trinajstić information content (AvgIpc) is 2.44. The average molecular weight is 580 g/mol. The summed E-state index contributed by atoms with van der Waals surface area (Å²) in [5.74, 6) is 0.952. The number of quaternary nitrogens is 1. The van der Waals surface area contributed by atoms with Crippen LogP contribution in [0.3, 0.4) is 0 Å². The largest absolute Gasteiger partial charge is 1.00 e. The van der Waals surface area contributed by atoms with Crippen LogP contribution in [0.4, 0.5) is 0 Å². The highest BCUT2D eigenvalue weighted by atomic mass is 127. The van der Waals surface area contributed by atoms with Crippen LogP contribution in [0.5, 0.6) is 5.75 Å². The van der Waals surface area contributed by atoms with Crippen LogP contribution in [0.25, 0.3) is 0 Å². The zero-order valence-electron chi connectivity index (χ0n) is 11.5. The third-order valence-electron chi connectivity index (χ3n) is 4.14. The monoisotopic (exact) mass is 579 g/mol. The zero-order chi connectivity index (χ0) is 14.3. The van der Waals surface area contributed by atoms with E-state index in [1.807, 2.05) is 19.1 Å². The molecule has 3 rings (SSSR count). The Morgan fingerprint density at radius 2 is 1.90 bits per heavy atom. The first-order valence-electron chi connectivity index (χ1n) is 6.62. The Morgan fingerprint density at radius 1 is 1.24 bits per heavy atom. The van der Waals surface area contributed by atoms with Gasteiger partial charge in [0.1, 0.15) is 18.8 Å². The highest BCUT2D eigenvalue weighted by Gasteiger charge is 2.49. The summed E-state index contributed by atoms with van der Waals surface area (Å²) in [6.07, 6.45) is 0. The molecule has 1 atom stereocenters. The lowest BCUT2D eigenvalue weighted by atomic mass is 9.87. The minimum atomic E-state index is -0.496. The van der Waals surface area contributed by atoms with Crippen molar-refractivity contribution in [2.45, 2.75) is 12.5 Å². The van der Waals surface area contributed by atoms with Crippen molar-refractivity contribution in [3.63, 3.8) is 0 Å². The van der Waals surface area contributed by atoms with Crippen LogP contribution in [0, 0.1) is 7.14 Å². The van der Waals surface area contributed by atoms with E-state index < -0.39 is 5.54 Å². The minimum Gasteiger partial charge on any atom is -1.00 e. The summed E-state index contributed by atoms with van der Waals surface area (Å²) in [7, 11) is 0. The van der Waals surface area contributed by atoms with Gasteiger partial charge in [0.25, 0.3) is 0 Å². The van der Waals surface area contributed by atoms with Crippen molar-refractivity contribution in [2.75, 3.05) is 32.9 Å². The lowest BCUT2D eigenvalue weighted by Crippen LogP contribution is -3.23. The Morgan fingerprint density at radius 3 is 2.57 bits per heavy atom. The number of hydrogen-bond donors (Lipinski definition) is 1. The van der Waals surface area contributed by atoms with Gasteiger partial charge in [0.2, 0.25) is 5.78 Å². The molecule has 0 aromatic heterocycles. The molecule has 116 valence electrons. The second kappa shape index (κ2) is 6.98. The standard InChI is InChI=1S/C14H15I2NO3.BrH/c1-14(17-2-4-19-5-3-17)8-20-12-10(13(14)18)6-9(15)7-11(12)16;/h6-7H,2-5,8H2,1H3;1H. The molecular weight excluding hydrogens is 564 g/mol. The summed E-state index contributed by atoms with van der Waals surface area (Å²) in [6.45, 7) is 5.63. The molecule has 2 aliphatic heterocycles. The number of hydrogen-bond acceptors (Lipinski definition) is 3. The van der Waals surface area contributed by atoms with Gasteiger partial charge in [-0.2, -0.15) is 0 Å². The van der Waals surface area contributed by atoms with Gasteiger partial charge in [-0.25, -0.2) is 0 Å². The van der Waals surface area contributed by atoms with Gasteiger partial charge in [-0.05, 0) is 57.3 Å². The molecular formula is C14H16BrI2NO3. The van der Waals surface area contributed by atoms with E-state index in [1.54, 1.807) is 0 Å². The summed E-state index contributed by atoms with van der Waals surface area (Å²) in [5.41, 5.74) is 0.235. The molecule has 0 bridgehead atoms. The lowest BCUT2D eigenvalue weighted by Gasteiger charge is -2.41. The van der Waals surface area contributed by atoms with Crippen LogP contribution in [-0.2, 0) is 4.74 Å². The van der Waals surface area contributed by atoms with Gasteiger partial charge in [0.15, 0.2) is 12.1 Å². The molecule has 21 heavy (non-hydrogen) atoms. The Balaban J connectivity index is 0.00000161. The molecule has 1 unspecified atom stereocenters. The quantitative estimate of drug-likeness (QED) is 0.398. The van der Waals surface area contributed by atoms with E-state index in [-0.39, 0.29) is 22.8 Å². The van der Waals surface area contributed by atoms with Crippen molar-refractivity contribution >= 4 is 51.0 Å². The van der Waals surface area contributed by atoms with Gasteiger partial charge in [-0.3, -0.25) is 4.79 Å². The Hall–Kier alpha value is 0.550. The number of fused-ring (bicyclic) bond motifs is 1. The van der Waals surface area contributed by atoms with E-state index in [0.717, 1.165) is 44.8 Å². The Kier molecular flexibility index (Phi) is 5.95. The van der Waals surface area contributed by atoms with Crippen LogP contribution >= 0.6 is 45.2 Å². The number of morpholine rings is 1. The number of rotatable bonds is 1. The van der Waals surface area contributed by atoms with Crippen molar-refractivity contribution in [3.05, 3.63) is 24.8 Å². The molecule has 1 N–H and O–H groups in total. The summed E-state index contributed by atoms with van der Waals surface area (Å²) >= 11 is 4.48. The van der Waals surface area contributed by atoms with Gasteiger partial charge in [0, 0.05) is 10.5 Å². The minimum absolute atomic E-state index is 0. The maximum Gasteiger partial charge on any atom is 0.230 e. The van der Waals surface area contributed by atoms with Gasteiger partial charge in [0.05, 0.1) is 22.3 Å². The SMILES string of the molecule is CC1([NH+]2CCOCC2)COc2c(I)cc(I)cc2C1=O.[Br-]. The van der Waals surface area contributed by atoms with Crippen LogP contribution in [0.1, 0.15) is 17.3 Å². The summed E-state index contributed by atoms with van der Waals surface area (Å²) in [4.78, 5) is 14.3. The molecule has 0 radical (unpaired) electrons. The lowest BCUT2D eigenvalue weighted by molar-refractivity contribution is -0.946. The van der Waals surface area contributed by atoms with Crippen molar-refractivity contribution in [1.82, 2.24) is 0 Å². The van der Waals surface area contributed by atoms with Crippen molar-refractivity contribution in [1.29, 1.82) is 0 Å². The predicted molar refractivity (Wildman–Crippen MR) is 91.6 cm³/mol. The number of benzene rings is 1. The number of carbonyl (C=O) groups is 1. The Labute approximate surface area is 162 Å². The normalized spacial score (nSPS) is 25.8. The van der Waals surface area contributed by atoms with Gasteiger partial charge in [-0.15, -0.1) is 0 Å². The molecule has 1 saturated heterocycles. The molecule has 4 nitrogen and oxygen atoms in total. The number of ether oxygens (including phenoxy) is 2. The van der Waals surface area contributed by atoms with E-state index in [2.05, 4.69) is 45.2 Å². The van der Waals surface area contributed by atoms with E-state index in [4.69, 9.17) is 9.47 Å². The highest BCUT2D eigenvalue weighted by molar-refractivity contribution is 14.1. The topological polar surface area (TPSA) is 40.0 Å². The number of Topliss-reactive ketones (excluding diaryl/α,β-unsaturated/α-hetero) is 1. The second-order valence-corrected chi connectivity index (χ2v) is 7.84. The fourth-order valence-electron chi connectivity index (χ4n) is 2.89. The number of nitrogens with one attached hydrogen (secondary N) is 1.